The van der Waals surface area contributed by atoms with Gasteiger partial charge in [0.1, 0.15) is 0 Å². The molecule has 1 saturated heterocycles. The molecule has 0 atom stereocenters. The van der Waals surface area contributed by atoms with Crippen molar-refractivity contribution in [1.29, 1.82) is 0 Å². The first-order valence-electron chi connectivity index (χ1n) is 7.21. The summed E-state index contributed by atoms with van der Waals surface area (Å²) in [7, 11) is -2.00. The van der Waals surface area contributed by atoms with Gasteiger partial charge in [-0.15, -0.1) is 0 Å². The lowest BCUT2D eigenvalue weighted by atomic mass is 10.2. The van der Waals surface area contributed by atoms with Gasteiger partial charge in [-0.2, -0.15) is 4.31 Å². The van der Waals surface area contributed by atoms with Crippen LogP contribution in [0.5, 0.6) is 0 Å². The third kappa shape index (κ3) is 3.27. The Balaban J connectivity index is 2.31. The molecule has 0 bridgehead atoms. The number of hydrogen-bond acceptors (Lipinski definition) is 3. The van der Waals surface area contributed by atoms with Crippen LogP contribution in [0.25, 0.3) is 0 Å². The van der Waals surface area contributed by atoms with Crippen LogP contribution in [-0.2, 0) is 10.0 Å². The van der Waals surface area contributed by atoms with E-state index >= 15 is 0 Å². The quantitative estimate of drug-likeness (QED) is 0.854. The van der Waals surface area contributed by atoms with Crippen LogP contribution >= 0.6 is 0 Å². The molecule has 1 heterocycles. The number of hydrogen-bond donors (Lipinski definition) is 0. The van der Waals surface area contributed by atoms with E-state index in [1.807, 2.05) is 13.8 Å². The number of likely N-dealkylation sites (tertiary alicyclic amines) is 1. The number of benzene rings is 1. The first-order valence-corrected chi connectivity index (χ1v) is 8.65. The molecule has 0 unspecified atom stereocenters. The summed E-state index contributed by atoms with van der Waals surface area (Å²) < 4.78 is 26.3. The molecule has 0 N–H and O–H groups in total. The molecule has 0 saturated carbocycles. The third-order valence-corrected chi connectivity index (χ3v) is 5.91. The summed E-state index contributed by atoms with van der Waals surface area (Å²) in [5.41, 5.74) is 0.440. The normalized spacial score (nSPS) is 16.0. The van der Waals surface area contributed by atoms with Crippen LogP contribution in [0.15, 0.2) is 29.2 Å². The van der Waals surface area contributed by atoms with Gasteiger partial charge in [0.05, 0.1) is 4.90 Å². The second kappa shape index (κ2) is 6.15. The fourth-order valence-corrected chi connectivity index (χ4v) is 3.75. The lowest BCUT2D eigenvalue weighted by Gasteiger charge is -2.21. The van der Waals surface area contributed by atoms with Gasteiger partial charge in [-0.25, -0.2) is 8.42 Å². The molecular formula is C15H22N2O3S. The summed E-state index contributed by atoms with van der Waals surface area (Å²) in [6.45, 7) is 5.14. The molecule has 0 radical (unpaired) electrons. The van der Waals surface area contributed by atoms with E-state index in [9.17, 15) is 13.2 Å². The maximum absolute atomic E-state index is 12.5. The number of nitrogens with zero attached hydrogens (tertiary/aromatic N) is 2. The molecule has 0 aliphatic carbocycles. The standard InChI is InChI=1S/C15H22N2O3S/c1-12(2)16(3)21(19,20)14-8-6-7-13(11-14)15(18)17-9-4-5-10-17/h6-8,11-12H,4-5,9-10H2,1-3H3. The van der Waals surface area contributed by atoms with E-state index in [1.54, 1.807) is 24.1 Å². The predicted molar refractivity (Wildman–Crippen MR) is 81.7 cm³/mol. The first-order chi connectivity index (χ1) is 9.84. The Hall–Kier alpha value is -1.40. The van der Waals surface area contributed by atoms with Crippen molar-refractivity contribution in [2.24, 2.45) is 0 Å². The monoisotopic (exact) mass is 310 g/mol. The van der Waals surface area contributed by atoms with E-state index in [-0.39, 0.29) is 16.8 Å². The number of amides is 1. The molecule has 5 nitrogen and oxygen atoms in total. The first kappa shape index (κ1) is 16.0. The van der Waals surface area contributed by atoms with Crippen molar-refractivity contribution in [3.63, 3.8) is 0 Å². The van der Waals surface area contributed by atoms with Crippen LogP contribution in [0.3, 0.4) is 0 Å². The second-order valence-electron chi connectivity index (χ2n) is 5.64. The summed E-state index contributed by atoms with van der Waals surface area (Å²) in [6.07, 6.45) is 2.03. The van der Waals surface area contributed by atoms with E-state index in [0.717, 1.165) is 25.9 Å². The Morgan fingerprint density at radius 1 is 1.24 bits per heavy atom. The van der Waals surface area contributed by atoms with E-state index in [2.05, 4.69) is 0 Å². The van der Waals surface area contributed by atoms with Gasteiger partial charge in [0.15, 0.2) is 0 Å². The molecule has 21 heavy (non-hydrogen) atoms. The van der Waals surface area contributed by atoms with Gasteiger partial charge in [0.25, 0.3) is 5.91 Å². The lowest BCUT2D eigenvalue weighted by Crippen LogP contribution is -2.33. The molecule has 116 valence electrons. The summed E-state index contributed by atoms with van der Waals surface area (Å²) in [4.78, 5) is 14.3. The van der Waals surface area contributed by atoms with Gasteiger partial charge >= 0.3 is 0 Å². The molecular weight excluding hydrogens is 288 g/mol. The average molecular weight is 310 g/mol. The fraction of sp³-hybridized carbons (Fsp3) is 0.533. The summed E-state index contributed by atoms with van der Waals surface area (Å²) in [5.74, 6) is -0.0863. The van der Waals surface area contributed by atoms with Gasteiger partial charge in [-0.3, -0.25) is 4.79 Å². The minimum absolute atomic E-state index is 0.0863. The maximum Gasteiger partial charge on any atom is 0.253 e. The zero-order valence-corrected chi connectivity index (χ0v) is 13.6. The summed E-state index contributed by atoms with van der Waals surface area (Å²) in [6, 6.07) is 6.19. The molecule has 1 amide bonds. The Morgan fingerprint density at radius 2 is 1.86 bits per heavy atom. The van der Waals surface area contributed by atoms with Crippen LogP contribution < -0.4 is 0 Å². The van der Waals surface area contributed by atoms with Crippen molar-refractivity contribution in [2.75, 3.05) is 20.1 Å². The molecule has 1 aromatic rings. The van der Waals surface area contributed by atoms with Gasteiger partial charge in [-0.05, 0) is 44.9 Å². The highest BCUT2D eigenvalue weighted by molar-refractivity contribution is 7.89. The molecule has 1 aliphatic rings. The third-order valence-electron chi connectivity index (χ3n) is 3.88. The van der Waals surface area contributed by atoms with E-state index in [4.69, 9.17) is 0 Å². The van der Waals surface area contributed by atoms with E-state index < -0.39 is 10.0 Å². The largest absolute Gasteiger partial charge is 0.339 e. The summed E-state index contributed by atoms with van der Waals surface area (Å²) in [5, 5.41) is 0. The minimum atomic E-state index is -3.56. The highest BCUT2D eigenvalue weighted by Gasteiger charge is 2.25. The Bertz CT molecular complexity index is 620. The van der Waals surface area contributed by atoms with Crippen molar-refractivity contribution in [1.82, 2.24) is 9.21 Å². The predicted octanol–water partition coefficient (Wildman–Crippen LogP) is 1.95. The second-order valence-corrected chi connectivity index (χ2v) is 7.64. The van der Waals surface area contributed by atoms with Crippen molar-refractivity contribution in [3.8, 4) is 0 Å². The molecule has 1 aromatic carbocycles. The average Bonchev–Trinajstić information content (AvgIpc) is 2.99. The molecule has 1 aliphatic heterocycles. The number of rotatable bonds is 4. The highest BCUT2D eigenvalue weighted by atomic mass is 32.2. The van der Waals surface area contributed by atoms with Crippen molar-refractivity contribution in [2.45, 2.75) is 37.6 Å². The fourth-order valence-electron chi connectivity index (χ4n) is 2.34. The minimum Gasteiger partial charge on any atom is -0.339 e. The Kier molecular flexibility index (Phi) is 4.68. The van der Waals surface area contributed by atoms with Gasteiger partial charge in [-0.1, -0.05) is 6.07 Å². The maximum atomic E-state index is 12.5. The lowest BCUT2D eigenvalue weighted by molar-refractivity contribution is 0.0792. The number of carbonyl (C=O) groups excluding carboxylic acids is 1. The molecule has 1 fully saturated rings. The van der Waals surface area contributed by atoms with E-state index in [1.165, 1.54) is 16.4 Å². The van der Waals surface area contributed by atoms with Crippen LogP contribution in [0.2, 0.25) is 0 Å². The van der Waals surface area contributed by atoms with E-state index in [0.29, 0.717) is 5.56 Å². The smallest absolute Gasteiger partial charge is 0.253 e. The van der Waals surface area contributed by atoms with Crippen LogP contribution in [0.4, 0.5) is 0 Å². The summed E-state index contributed by atoms with van der Waals surface area (Å²) >= 11 is 0. The zero-order valence-electron chi connectivity index (χ0n) is 12.7. The van der Waals surface area contributed by atoms with Crippen LogP contribution in [0, 0.1) is 0 Å². The van der Waals surface area contributed by atoms with Crippen molar-refractivity contribution >= 4 is 15.9 Å². The number of carbonyl (C=O) groups is 1. The highest BCUT2D eigenvalue weighted by Crippen LogP contribution is 2.20. The molecule has 6 heteroatoms. The number of sulfonamides is 1. The molecule has 2 rings (SSSR count). The van der Waals surface area contributed by atoms with Crippen molar-refractivity contribution in [3.05, 3.63) is 29.8 Å². The van der Waals surface area contributed by atoms with Gasteiger partial charge in [0.2, 0.25) is 10.0 Å². The zero-order chi connectivity index (χ0) is 15.6. The van der Waals surface area contributed by atoms with Gasteiger partial charge < -0.3 is 4.90 Å². The Morgan fingerprint density at radius 3 is 2.43 bits per heavy atom. The molecule has 0 spiro atoms. The SMILES string of the molecule is CC(C)N(C)S(=O)(=O)c1cccc(C(=O)N2CCCC2)c1. The van der Waals surface area contributed by atoms with Crippen LogP contribution in [-0.4, -0.2) is 49.7 Å². The van der Waals surface area contributed by atoms with Crippen LogP contribution in [0.1, 0.15) is 37.0 Å². The molecule has 0 aromatic heterocycles. The van der Waals surface area contributed by atoms with Crippen molar-refractivity contribution < 1.29 is 13.2 Å². The topological polar surface area (TPSA) is 57.7 Å². The van der Waals surface area contributed by atoms with Gasteiger partial charge in [0, 0.05) is 31.7 Å². The Labute approximate surface area is 126 Å².